The van der Waals surface area contributed by atoms with Gasteiger partial charge < -0.3 is 9.64 Å². The Balaban J connectivity index is 2.19. The Morgan fingerprint density at radius 1 is 1.45 bits per heavy atom. The minimum absolute atomic E-state index is 0.147. The third kappa shape index (κ3) is 3.25. The van der Waals surface area contributed by atoms with E-state index in [2.05, 4.69) is 9.97 Å². The molecule has 1 aromatic rings. The number of carbonyl (C=O) groups is 2. The van der Waals surface area contributed by atoms with E-state index in [1.54, 1.807) is 6.92 Å². The van der Waals surface area contributed by atoms with E-state index in [1.165, 1.54) is 17.3 Å². The van der Waals surface area contributed by atoms with Gasteiger partial charge in [-0.3, -0.25) is 9.78 Å². The van der Waals surface area contributed by atoms with Gasteiger partial charge in [-0.25, -0.2) is 9.78 Å². The first-order valence-corrected chi connectivity index (χ1v) is 6.96. The second kappa shape index (κ2) is 6.65. The Morgan fingerprint density at radius 2 is 2.25 bits per heavy atom. The molecule has 0 radical (unpaired) electrons. The molecule has 1 saturated heterocycles. The highest BCUT2D eigenvalue weighted by molar-refractivity contribution is 6.29. The van der Waals surface area contributed by atoms with Crippen LogP contribution in [-0.2, 0) is 9.53 Å². The van der Waals surface area contributed by atoms with Crippen LogP contribution in [-0.4, -0.2) is 45.9 Å². The van der Waals surface area contributed by atoms with E-state index < -0.39 is 6.04 Å². The summed E-state index contributed by atoms with van der Waals surface area (Å²) in [5.41, 5.74) is 0.147. The molecular weight excluding hydrogens is 282 g/mol. The summed E-state index contributed by atoms with van der Waals surface area (Å²) in [6.07, 6.45) is 5.07. The fraction of sp³-hybridized carbons (Fsp3) is 0.538. The normalized spacial score (nSPS) is 18.7. The molecule has 1 aliphatic heterocycles. The van der Waals surface area contributed by atoms with Crippen molar-refractivity contribution in [1.29, 1.82) is 0 Å². The van der Waals surface area contributed by atoms with Crippen LogP contribution in [0.1, 0.15) is 36.7 Å². The lowest BCUT2D eigenvalue weighted by Gasteiger charge is -2.33. The zero-order valence-electron chi connectivity index (χ0n) is 11.2. The molecule has 0 N–H and O–H groups in total. The lowest BCUT2D eigenvalue weighted by Crippen LogP contribution is -2.48. The van der Waals surface area contributed by atoms with E-state index in [1.807, 2.05) is 0 Å². The number of hydrogen-bond donors (Lipinski definition) is 0. The largest absolute Gasteiger partial charge is 0.464 e. The molecule has 0 aliphatic carbocycles. The predicted octanol–water partition coefficient (Wildman–Crippen LogP) is 1.69. The Hall–Kier alpha value is -1.69. The average Bonchev–Trinajstić information content (AvgIpc) is 2.47. The van der Waals surface area contributed by atoms with E-state index in [0.29, 0.717) is 19.6 Å². The second-order valence-electron chi connectivity index (χ2n) is 4.49. The molecule has 0 saturated carbocycles. The van der Waals surface area contributed by atoms with Crippen LogP contribution < -0.4 is 0 Å². The van der Waals surface area contributed by atoms with Crippen LogP contribution in [0.5, 0.6) is 0 Å². The maximum Gasteiger partial charge on any atom is 0.328 e. The first-order valence-electron chi connectivity index (χ1n) is 6.58. The molecule has 1 fully saturated rings. The van der Waals surface area contributed by atoms with Gasteiger partial charge in [0, 0.05) is 6.54 Å². The Labute approximate surface area is 122 Å². The van der Waals surface area contributed by atoms with Crippen LogP contribution in [0.3, 0.4) is 0 Å². The van der Waals surface area contributed by atoms with Gasteiger partial charge in [0.2, 0.25) is 0 Å². The fourth-order valence-corrected chi connectivity index (χ4v) is 2.40. The number of likely N-dealkylation sites (tertiary alicyclic amines) is 1. The molecule has 108 valence electrons. The van der Waals surface area contributed by atoms with Gasteiger partial charge in [-0.05, 0) is 26.2 Å². The molecule has 1 atom stereocenters. The van der Waals surface area contributed by atoms with E-state index in [0.717, 1.165) is 12.8 Å². The molecule has 2 rings (SSSR count). The lowest BCUT2D eigenvalue weighted by molar-refractivity contribution is -0.149. The Kier molecular flexibility index (Phi) is 4.89. The van der Waals surface area contributed by atoms with Gasteiger partial charge in [0.1, 0.15) is 16.9 Å². The van der Waals surface area contributed by atoms with Crippen molar-refractivity contribution >= 4 is 23.5 Å². The highest BCUT2D eigenvalue weighted by Crippen LogP contribution is 2.20. The van der Waals surface area contributed by atoms with E-state index in [-0.39, 0.29) is 22.7 Å². The number of hydrogen-bond acceptors (Lipinski definition) is 5. The second-order valence-corrected chi connectivity index (χ2v) is 4.88. The molecule has 1 aliphatic rings. The van der Waals surface area contributed by atoms with Crippen molar-refractivity contribution in [2.45, 2.75) is 32.2 Å². The quantitative estimate of drug-likeness (QED) is 0.794. The van der Waals surface area contributed by atoms with Crippen molar-refractivity contribution < 1.29 is 14.3 Å². The summed E-state index contributed by atoms with van der Waals surface area (Å²) in [4.78, 5) is 33.7. The SMILES string of the molecule is CCOC(=O)C1CCCCN1C(=O)c1cncc(Cl)n1. The molecular formula is C13H16ClN3O3. The molecule has 0 aromatic carbocycles. The topological polar surface area (TPSA) is 72.4 Å². The van der Waals surface area contributed by atoms with Crippen LogP contribution in [0.4, 0.5) is 0 Å². The van der Waals surface area contributed by atoms with Crippen LogP contribution in [0.2, 0.25) is 5.15 Å². The van der Waals surface area contributed by atoms with Crippen LogP contribution in [0.25, 0.3) is 0 Å². The van der Waals surface area contributed by atoms with Crippen LogP contribution in [0, 0.1) is 0 Å². The van der Waals surface area contributed by atoms with Gasteiger partial charge in [-0.2, -0.15) is 0 Å². The molecule has 6 nitrogen and oxygen atoms in total. The molecule has 20 heavy (non-hydrogen) atoms. The highest BCUT2D eigenvalue weighted by Gasteiger charge is 2.34. The maximum absolute atomic E-state index is 12.4. The fourth-order valence-electron chi connectivity index (χ4n) is 2.25. The summed E-state index contributed by atoms with van der Waals surface area (Å²) in [6.45, 7) is 2.56. The monoisotopic (exact) mass is 297 g/mol. The van der Waals surface area contributed by atoms with Crippen LogP contribution in [0.15, 0.2) is 12.4 Å². The first kappa shape index (κ1) is 14.7. The number of halogens is 1. The summed E-state index contributed by atoms with van der Waals surface area (Å²) in [5.74, 6) is -0.701. The summed E-state index contributed by atoms with van der Waals surface area (Å²) in [5, 5.41) is 0.153. The van der Waals surface area contributed by atoms with Gasteiger partial charge in [-0.1, -0.05) is 11.6 Å². The van der Waals surface area contributed by atoms with E-state index >= 15 is 0 Å². The molecule has 1 aromatic heterocycles. The first-order chi connectivity index (χ1) is 9.63. The predicted molar refractivity (Wildman–Crippen MR) is 72.4 cm³/mol. The molecule has 1 unspecified atom stereocenters. The van der Waals surface area contributed by atoms with Gasteiger partial charge in [0.15, 0.2) is 0 Å². The lowest BCUT2D eigenvalue weighted by atomic mass is 10.0. The smallest absolute Gasteiger partial charge is 0.328 e. The molecule has 0 spiro atoms. The Bertz CT molecular complexity index is 509. The number of carbonyl (C=O) groups excluding carboxylic acids is 2. The average molecular weight is 298 g/mol. The van der Waals surface area contributed by atoms with Crippen molar-refractivity contribution in [2.75, 3.05) is 13.2 Å². The number of rotatable bonds is 3. The van der Waals surface area contributed by atoms with E-state index in [4.69, 9.17) is 16.3 Å². The maximum atomic E-state index is 12.4. The summed E-state index contributed by atoms with van der Waals surface area (Å²) in [6, 6.07) is -0.544. The number of aromatic nitrogens is 2. The molecule has 0 bridgehead atoms. The minimum atomic E-state index is -0.544. The summed E-state index contributed by atoms with van der Waals surface area (Å²) in [7, 11) is 0. The molecule has 2 heterocycles. The number of amides is 1. The van der Waals surface area contributed by atoms with Gasteiger partial charge >= 0.3 is 5.97 Å². The molecule has 1 amide bonds. The zero-order chi connectivity index (χ0) is 14.5. The van der Waals surface area contributed by atoms with Gasteiger partial charge in [-0.15, -0.1) is 0 Å². The van der Waals surface area contributed by atoms with Crippen molar-refractivity contribution in [3.05, 3.63) is 23.2 Å². The van der Waals surface area contributed by atoms with Crippen molar-refractivity contribution in [3.63, 3.8) is 0 Å². The summed E-state index contributed by atoms with van der Waals surface area (Å²) < 4.78 is 5.03. The van der Waals surface area contributed by atoms with Crippen LogP contribution >= 0.6 is 11.6 Å². The Morgan fingerprint density at radius 3 is 2.95 bits per heavy atom. The number of ether oxygens (including phenoxy) is 1. The molecule has 7 heteroatoms. The summed E-state index contributed by atoms with van der Waals surface area (Å²) >= 11 is 5.74. The third-order valence-electron chi connectivity index (χ3n) is 3.15. The van der Waals surface area contributed by atoms with Crippen molar-refractivity contribution in [3.8, 4) is 0 Å². The number of piperidine rings is 1. The standard InChI is InChI=1S/C13H16ClN3O3/c1-2-20-13(19)10-5-3-4-6-17(10)12(18)9-7-15-8-11(14)16-9/h7-8,10H,2-6H2,1H3. The number of nitrogens with zero attached hydrogens (tertiary/aromatic N) is 3. The van der Waals surface area contributed by atoms with Gasteiger partial charge in [0.05, 0.1) is 19.0 Å². The number of esters is 1. The van der Waals surface area contributed by atoms with Gasteiger partial charge in [0.25, 0.3) is 5.91 Å². The zero-order valence-corrected chi connectivity index (χ0v) is 12.0. The highest BCUT2D eigenvalue weighted by atomic mass is 35.5. The minimum Gasteiger partial charge on any atom is -0.464 e. The van der Waals surface area contributed by atoms with E-state index in [9.17, 15) is 9.59 Å². The van der Waals surface area contributed by atoms with Crippen molar-refractivity contribution in [2.24, 2.45) is 0 Å². The van der Waals surface area contributed by atoms with Crippen molar-refractivity contribution in [1.82, 2.24) is 14.9 Å². The third-order valence-corrected chi connectivity index (χ3v) is 3.33.